The average Bonchev–Trinajstić information content (AvgIpc) is 3.23. The minimum absolute atomic E-state index is 0.117. The first kappa shape index (κ1) is 16.7. The van der Waals surface area contributed by atoms with Crippen molar-refractivity contribution in [1.82, 2.24) is 15.0 Å². The van der Waals surface area contributed by atoms with Gasteiger partial charge in [0, 0.05) is 5.92 Å². The van der Waals surface area contributed by atoms with Gasteiger partial charge in [0.2, 0.25) is 0 Å². The molecule has 0 bridgehead atoms. The van der Waals surface area contributed by atoms with Crippen molar-refractivity contribution in [2.24, 2.45) is 0 Å². The highest BCUT2D eigenvalue weighted by Crippen LogP contribution is 2.38. The molecule has 1 fully saturated rings. The third-order valence-electron chi connectivity index (χ3n) is 4.13. The van der Waals surface area contributed by atoms with Crippen LogP contribution < -0.4 is 0 Å². The fourth-order valence-electron chi connectivity index (χ4n) is 2.68. The molecule has 1 aliphatic carbocycles. The van der Waals surface area contributed by atoms with Crippen molar-refractivity contribution in [1.29, 1.82) is 0 Å². The van der Waals surface area contributed by atoms with Gasteiger partial charge in [-0.3, -0.25) is 4.79 Å². The monoisotopic (exact) mass is 327 g/mol. The second kappa shape index (κ2) is 6.38. The Labute approximate surface area is 143 Å². The lowest BCUT2D eigenvalue weighted by Crippen LogP contribution is -2.24. The Morgan fingerprint density at radius 3 is 2.54 bits per heavy atom. The van der Waals surface area contributed by atoms with Crippen LogP contribution in [0.3, 0.4) is 0 Å². The van der Waals surface area contributed by atoms with E-state index in [1.54, 1.807) is 0 Å². The minimum atomic E-state index is -0.437. The number of carbonyl (C=O) groups excluding carboxylic acids is 1. The van der Waals surface area contributed by atoms with Gasteiger partial charge in [0.1, 0.15) is 5.60 Å². The van der Waals surface area contributed by atoms with Gasteiger partial charge in [-0.1, -0.05) is 24.3 Å². The third-order valence-corrected chi connectivity index (χ3v) is 4.13. The summed E-state index contributed by atoms with van der Waals surface area (Å²) in [5.41, 5.74) is 2.75. The summed E-state index contributed by atoms with van der Waals surface area (Å²) >= 11 is 0. The largest absolute Gasteiger partial charge is 0.460 e. The van der Waals surface area contributed by atoms with E-state index in [9.17, 15) is 4.79 Å². The molecule has 0 saturated heterocycles. The van der Waals surface area contributed by atoms with E-state index in [-0.39, 0.29) is 11.9 Å². The maximum atomic E-state index is 12.0. The number of aromatic nitrogens is 3. The summed E-state index contributed by atoms with van der Waals surface area (Å²) in [5, 5.41) is 8.44. The smallest absolute Gasteiger partial charge is 0.306 e. The van der Waals surface area contributed by atoms with E-state index in [1.807, 2.05) is 62.8 Å². The lowest BCUT2D eigenvalue weighted by molar-refractivity contribution is -0.155. The van der Waals surface area contributed by atoms with Crippen molar-refractivity contribution in [3.05, 3.63) is 41.7 Å². The van der Waals surface area contributed by atoms with Gasteiger partial charge < -0.3 is 4.74 Å². The summed E-state index contributed by atoms with van der Waals surface area (Å²) in [6, 6.07) is 8.13. The Hall–Kier alpha value is -2.17. The highest BCUT2D eigenvalue weighted by molar-refractivity contribution is 5.71. The average molecular weight is 327 g/mol. The zero-order valence-corrected chi connectivity index (χ0v) is 14.8. The van der Waals surface area contributed by atoms with E-state index in [2.05, 4.69) is 10.3 Å². The highest BCUT2D eigenvalue weighted by Gasteiger charge is 2.26. The molecule has 2 aromatic rings. The molecule has 1 aromatic carbocycles. The SMILES string of the molecule is CC(CC(=O)OC(C)(C)C)c1ccc(-n2cc(C3CC3)nn2)cc1. The van der Waals surface area contributed by atoms with E-state index in [0.29, 0.717) is 12.3 Å². The normalized spacial score (nSPS) is 16.0. The van der Waals surface area contributed by atoms with Crippen LogP contribution in [0.2, 0.25) is 0 Å². The number of esters is 1. The van der Waals surface area contributed by atoms with Gasteiger partial charge in [-0.2, -0.15) is 0 Å². The first-order chi connectivity index (χ1) is 11.3. The Bertz CT molecular complexity index is 709. The Morgan fingerprint density at radius 1 is 1.29 bits per heavy atom. The first-order valence-electron chi connectivity index (χ1n) is 8.56. The molecule has 5 nitrogen and oxygen atoms in total. The zero-order valence-electron chi connectivity index (χ0n) is 14.8. The van der Waals surface area contributed by atoms with Crippen LogP contribution in [0.5, 0.6) is 0 Å². The van der Waals surface area contributed by atoms with Crippen LogP contribution in [-0.4, -0.2) is 26.6 Å². The molecule has 1 saturated carbocycles. The standard InChI is InChI=1S/C19H25N3O2/c1-13(11-18(23)24-19(2,3)4)14-7-9-16(10-8-14)22-12-17(20-21-22)15-5-6-15/h7-10,12-13,15H,5-6,11H2,1-4H3. The second-order valence-electron chi connectivity index (χ2n) is 7.65. The number of benzene rings is 1. The molecule has 3 rings (SSSR count). The molecule has 1 unspecified atom stereocenters. The maximum Gasteiger partial charge on any atom is 0.306 e. The van der Waals surface area contributed by atoms with E-state index in [0.717, 1.165) is 16.9 Å². The van der Waals surface area contributed by atoms with Crippen molar-refractivity contribution in [2.45, 2.75) is 64.4 Å². The Balaban J connectivity index is 1.63. The van der Waals surface area contributed by atoms with Crippen LogP contribution in [0, 0.1) is 0 Å². The number of ether oxygens (including phenoxy) is 1. The molecule has 1 heterocycles. The summed E-state index contributed by atoms with van der Waals surface area (Å²) in [5.74, 6) is 0.558. The second-order valence-corrected chi connectivity index (χ2v) is 7.65. The molecule has 128 valence electrons. The van der Waals surface area contributed by atoms with Gasteiger partial charge in [0.25, 0.3) is 0 Å². The van der Waals surface area contributed by atoms with E-state index >= 15 is 0 Å². The molecule has 5 heteroatoms. The molecule has 0 aliphatic heterocycles. The molecular weight excluding hydrogens is 302 g/mol. The van der Waals surface area contributed by atoms with Gasteiger partial charge in [0.05, 0.1) is 24.0 Å². The van der Waals surface area contributed by atoms with Crippen molar-refractivity contribution < 1.29 is 9.53 Å². The topological polar surface area (TPSA) is 57.0 Å². The van der Waals surface area contributed by atoms with Crippen molar-refractivity contribution in [2.75, 3.05) is 0 Å². The molecule has 0 amide bonds. The predicted molar refractivity (Wildman–Crippen MR) is 92.2 cm³/mol. The molecule has 1 aliphatic rings. The molecule has 0 radical (unpaired) electrons. The third kappa shape index (κ3) is 4.22. The number of hydrogen-bond donors (Lipinski definition) is 0. The van der Waals surface area contributed by atoms with Gasteiger partial charge in [0.15, 0.2) is 0 Å². The molecule has 0 spiro atoms. The van der Waals surface area contributed by atoms with Crippen LogP contribution in [-0.2, 0) is 9.53 Å². The number of nitrogens with zero attached hydrogens (tertiary/aromatic N) is 3. The van der Waals surface area contributed by atoms with Crippen LogP contribution in [0.1, 0.15) is 70.1 Å². The first-order valence-corrected chi connectivity index (χ1v) is 8.56. The molecule has 1 atom stereocenters. The molecule has 0 N–H and O–H groups in total. The predicted octanol–water partition coefficient (Wildman–Crippen LogP) is 3.98. The number of rotatable bonds is 5. The van der Waals surface area contributed by atoms with Crippen LogP contribution >= 0.6 is 0 Å². The summed E-state index contributed by atoms with van der Waals surface area (Å²) < 4.78 is 7.21. The van der Waals surface area contributed by atoms with E-state index in [4.69, 9.17) is 4.74 Å². The van der Waals surface area contributed by atoms with Gasteiger partial charge in [-0.05, 0) is 57.2 Å². The zero-order chi connectivity index (χ0) is 17.3. The lowest BCUT2D eigenvalue weighted by atomic mass is 9.97. The quantitative estimate of drug-likeness (QED) is 0.779. The maximum absolute atomic E-state index is 12.0. The summed E-state index contributed by atoms with van der Waals surface area (Å²) in [6.07, 6.45) is 4.84. The molecular formula is C19H25N3O2. The highest BCUT2D eigenvalue weighted by atomic mass is 16.6. The summed E-state index contributed by atoms with van der Waals surface area (Å²) in [7, 11) is 0. The Kier molecular flexibility index (Phi) is 4.43. The van der Waals surface area contributed by atoms with Crippen molar-refractivity contribution in [3.63, 3.8) is 0 Å². The molecule has 1 aromatic heterocycles. The van der Waals surface area contributed by atoms with Crippen LogP contribution in [0.25, 0.3) is 5.69 Å². The fourth-order valence-corrected chi connectivity index (χ4v) is 2.68. The van der Waals surface area contributed by atoms with Crippen LogP contribution in [0.4, 0.5) is 0 Å². The summed E-state index contributed by atoms with van der Waals surface area (Å²) in [6.45, 7) is 7.70. The number of hydrogen-bond acceptors (Lipinski definition) is 4. The van der Waals surface area contributed by atoms with Crippen molar-refractivity contribution in [3.8, 4) is 5.69 Å². The van der Waals surface area contributed by atoms with Gasteiger partial charge >= 0.3 is 5.97 Å². The van der Waals surface area contributed by atoms with Crippen molar-refractivity contribution >= 4 is 5.97 Å². The van der Waals surface area contributed by atoms with Gasteiger partial charge in [-0.15, -0.1) is 5.10 Å². The summed E-state index contributed by atoms with van der Waals surface area (Å²) in [4.78, 5) is 12.0. The Morgan fingerprint density at radius 2 is 1.96 bits per heavy atom. The minimum Gasteiger partial charge on any atom is -0.460 e. The number of carbonyl (C=O) groups is 1. The molecule has 24 heavy (non-hydrogen) atoms. The van der Waals surface area contributed by atoms with E-state index in [1.165, 1.54) is 12.8 Å². The lowest BCUT2D eigenvalue weighted by Gasteiger charge is -2.21. The van der Waals surface area contributed by atoms with Crippen LogP contribution in [0.15, 0.2) is 30.5 Å². The van der Waals surface area contributed by atoms with Gasteiger partial charge in [-0.25, -0.2) is 4.68 Å². The fraction of sp³-hybridized carbons (Fsp3) is 0.526. The van der Waals surface area contributed by atoms with E-state index < -0.39 is 5.60 Å².